The van der Waals surface area contributed by atoms with Crippen molar-refractivity contribution in [3.63, 3.8) is 0 Å². The average Bonchev–Trinajstić information content (AvgIpc) is 1.59. The Balaban J connectivity index is 2.53. The van der Waals surface area contributed by atoms with Crippen LogP contribution in [0.5, 0.6) is 0 Å². The van der Waals surface area contributed by atoms with Crippen molar-refractivity contribution in [1.82, 2.24) is 10.2 Å². The second-order valence-corrected chi connectivity index (χ2v) is 2.14. The molecule has 0 aromatic rings. The standard InChI is InChI=1S/C5H8N2O2/c1-7-2-4(8)6-5(9)3-7/h2-3H2,1H3,(H,6,8,9). The zero-order valence-electron chi connectivity index (χ0n) is 5.18. The molecule has 0 atom stereocenters. The van der Waals surface area contributed by atoms with Crippen molar-refractivity contribution < 1.29 is 9.59 Å². The molecule has 0 aromatic carbocycles. The van der Waals surface area contributed by atoms with Crippen LogP contribution < -0.4 is 5.32 Å². The molecule has 1 N–H and O–H groups in total. The number of imide groups is 1. The SMILES string of the molecule is CN1CC(=O)NC(=O)C1. The normalized spacial score (nSPS) is 21.9. The van der Waals surface area contributed by atoms with E-state index in [-0.39, 0.29) is 11.8 Å². The summed E-state index contributed by atoms with van der Waals surface area (Å²) in [5.74, 6) is -0.428. The van der Waals surface area contributed by atoms with Gasteiger partial charge in [0.05, 0.1) is 13.1 Å². The van der Waals surface area contributed by atoms with Crippen LogP contribution >= 0.6 is 0 Å². The maximum absolute atomic E-state index is 10.5. The predicted molar refractivity (Wildman–Crippen MR) is 30.6 cm³/mol. The molecule has 0 unspecified atom stereocenters. The first-order chi connectivity index (χ1) is 4.18. The van der Waals surface area contributed by atoms with Crippen molar-refractivity contribution in [1.29, 1.82) is 0 Å². The number of hydrogen-bond acceptors (Lipinski definition) is 3. The number of amides is 2. The zero-order chi connectivity index (χ0) is 6.85. The van der Waals surface area contributed by atoms with Crippen molar-refractivity contribution in [2.75, 3.05) is 20.1 Å². The Morgan fingerprint density at radius 1 is 1.33 bits per heavy atom. The van der Waals surface area contributed by atoms with Crippen molar-refractivity contribution in [2.45, 2.75) is 0 Å². The van der Waals surface area contributed by atoms with E-state index < -0.39 is 0 Å². The first kappa shape index (κ1) is 6.22. The third kappa shape index (κ3) is 1.50. The molecular formula is C5H8N2O2. The lowest BCUT2D eigenvalue weighted by Crippen LogP contribution is -2.49. The zero-order valence-corrected chi connectivity index (χ0v) is 5.18. The molecule has 1 aliphatic heterocycles. The van der Waals surface area contributed by atoms with Crippen molar-refractivity contribution in [3.05, 3.63) is 0 Å². The Morgan fingerprint density at radius 3 is 2.11 bits per heavy atom. The number of rotatable bonds is 0. The maximum atomic E-state index is 10.5. The van der Waals surface area contributed by atoms with Crippen LogP contribution in [0.2, 0.25) is 0 Å². The largest absolute Gasteiger partial charge is 0.294 e. The highest BCUT2D eigenvalue weighted by molar-refractivity contribution is 5.99. The average molecular weight is 128 g/mol. The highest BCUT2D eigenvalue weighted by atomic mass is 16.2. The van der Waals surface area contributed by atoms with Crippen molar-refractivity contribution in [3.8, 4) is 0 Å². The monoisotopic (exact) mass is 128 g/mol. The molecule has 0 bridgehead atoms. The lowest BCUT2D eigenvalue weighted by Gasteiger charge is -2.19. The fourth-order valence-corrected chi connectivity index (χ4v) is 0.781. The topological polar surface area (TPSA) is 49.4 Å². The first-order valence-electron chi connectivity index (χ1n) is 2.70. The number of nitrogens with zero attached hydrogens (tertiary/aromatic N) is 1. The number of carbonyl (C=O) groups is 2. The van der Waals surface area contributed by atoms with Crippen LogP contribution in [0.3, 0.4) is 0 Å². The summed E-state index contributed by atoms with van der Waals surface area (Å²) >= 11 is 0. The first-order valence-corrected chi connectivity index (χ1v) is 2.70. The van der Waals surface area contributed by atoms with Gasteiger partial charge in [-0.3, -0.25) is 19.8 Å². The molecule has 1 aliphatic rings. The van der Waals surface area contributed by atoms with E-state index in [4.69, 9.17) is 0 Å². The molecule has 1 saturated heterocycles. The maximum Gasteiger partial charge on any atom is 0.240 e. The molecule has 1 fully saturated rings. The Morgan fingerprint density at radius 2 is 1.78 bits per heavy atom. The smallest absolute Gasteiger partial charge is 0.240 e. The third-order valence-corrected chi connectivity index (χ3v) is 1.11. The minimum Gasteiger partial charge on any atom is -0.294 e. The summed E-state index contributed by atoms with van der Waals surface area (Å²) < 4.78 is 0. The van der Waals surface area contributed by atoms with E-state index in [2.05, 4.69) is 5.32 Å². The summed E-state index contributed by atoms with van der Waals surface area (Å²) in [7, 11) is 1.73. The molecule has 50 valence electrons. The molecule has 0 spiro atoms. The van der Waals surface area contributed by atoms with E-state index in [0.29, 0.717) is 13.1 Å². The van der Waals surface area contributed by atoms with E-state index in [9.17, 15) is 9.59 Å². The summed E-state index contributed by atoms with van der Waals surface area (Å²) in [6.45, 7) is 0.650. The van der Waals surface area contributed by atoms with Gasteiger partial charge >= 0.3 is 0 Å². The van der Waals surface area contributed by atoms with Gasteiger partial charge in [0.25, 0.3) is 0 Å². The molecule has 1 heterocycles. The third-order valence-electron chi connectivity index (χ3n) is 1.11. The van der Waals surface area contributed by atoms with Gasteiger partial charge in [-0.25, -0.2) is 0 Å². The van der Waals surface area contributed by atoms with Gasteiger partial charge < -0.3 is 0 Å². The number of likely N-dealkylation sites (N-methyl/N-ethyl adjacent to an activating group) is 1. The van der Waals surface area contributed by atoms with Crippen LogP contribution in [0, 0.1) is 0 Å². The van der Waals surface area contributed by atoms with Gasteiger partial charge in [-0.05, 0) is 7.05 Å². The summed E-state index contributed by atoms with van der Waals surface area (Å²) in [6.07, 6.45) is 0. The Bertz CT molecular complexity index is 139. The molecule has 9 heavy (non-hydrogen) atoms. The molecule has 0 aliphatic carbocycles. The van der Waals surface area contributed by atoms with Gasteiger partial charge in [0.1, 0.15) is 0 Å². The Kier molecular flexibility index (Phi) is 1.48. The molecule has 1 rings (SSSR count). The van der Waals surface area contributed by atoms with Crippen LogP contribution in [0.25, 0.3) is 0 Å². The minimum atomic E-state index is -0.214. The molecule has 4 nitrogen and oxygen atoms in total. The minimum absolute atomic E-state index is 0.214. The van der Waals surface area contributed by atoms with Gasteiger partial charge in [-0.1, -0.05) is 0 Å². The van der Waals surface area contributed by atoms with Crippen molar-refractivity contribution >= 4 is 11.8 Å². The van der Waals surface area contributed by atoms with Crippen LogP contribution in [-0.2, 0) is 9.59 Å². The Labute approximate surface area is 52.8 Å². The highest BCUT2D eigenvalue weighted by Gasteiger charge is 2.18. The summed E-state index contributed by atoms with van der Waals surface area (Å²) in [4.78, 5) is 22.7. The quantitative estimate of drug-likeness (QED) is 0.407. The summed E-state index contributed by atoms with van der Waals surface area (Å²) in [6, 6.07) is 0. The van der Waals surface area contributed by atoms with E-state index in [0.717, 1.165) is 0 Å². The lowest BCUT2D eigenvalue weighted by molar-refractivity contribution is -0.135. The summed E-state index contributed by atoms with van der Waals surface area (Å²) in [5.41, 5.74) is 0. The molecule has 0 saturated carbocycles. The van der Waals surface area contributed by atoms with Crippen LogP contribution in [0.15, 0.2) is 0 Å². The van der Waals surface area contributed by atoms with Gasteiger partial charge in [0, 0.05) is 0 Å². The van der Waals surface area contributed by atoms with E-state index in [1.807, 2.05) is 0 Å². The number of carbonyl (C=O) groups excluding carboxylic acids is 2. The van der Waals surface area contributed by atoms with Gasteiger partial charge in [-0.2, -0.15) is 0 Å². The van der Waals surface area contributed by atoms with Crippen LogP contribution in [0.1, 0.15) is 0 Å². The molecule has 2 amide bonds. The molecular weight excluding hydrogens is 120 g/mol. The highest BCUT2D eigenvalue weighted by Crippen LogP contribution is 1.87. The second-order valence-electron chi connectivity index (χ2n) is 2.14. The molecule has 0 aromatic heterocycles. The second kappa shape index (κ2) is 2.14. The van der Waals surface area contributed by atoms with E-state index >= 15 is 0 Å². The van der Waals surface area contributed by atoms with E-state index in [1.54, 1.807) is 11.9 Å². The van der Waals surface area contributed by atoms with Gasteiger partial charge in [0.15, 0.2) is 0 Å². The lowest BCUT2D eigenvalue weighted by atomic mass is 10.4. The fraction of sp³-hybridized carbons (Fsp3) is 0.600. The number of piperazine rings is 1. The molecule has 0 radical (unpaired) electrons. The summed E-state index contributed by atoms with van der Waals surface area (Å²) in [5, 5.41) is 2.19. The number of nitrogens with one attached hydrogen (secondary N) is 1. The van der Waals surface area contributed by atoms with Crippen molar-refractivity contribution in [2.24, 2.45) is 0 Å². The van der Waals surface area contributed by atoms with E-state index in [1.165, 1.54) is 0 Å². The number of hydrogen-bond donors (Lipinski definition) is 1. The molecule has 4 heteroatoms. The van der Waals surface area contributed by atoms with Gasteiger partial charge in [-0.15, -0.1) is 0 Å². The van der Waals surface area contributed by atoms with Gasteiger partial charge in [0.2, 0.25) is 11.8 Å². The predicted octanol–water partition coefficient (Wildman–Crippen LogP) is -1.43. The van der Waals surface area contributed by atoms with Crippen LogP contribution in [-0.4, -0.2) is 36.9 Å². The fourth-order valence-electron chi connectivity index (χ4n) is 0.781. The Hall–Kier alpha value is -0.900. The van der Waals surface area contributed by atoms with Crippen LogP contribution in [0.4, 0.5) is 0 Å².